The highest BCUT2D eigenvalue weighted by Gasteiger charge is 2.24. The van der Waals surface area contributed by atoms with Crippen molar-refractivity contribution >= 4 is 301 Å². The van der Waals surface area contributed by atoms with Gasteiger partial charge in [-0.25, -0.2) is 19.9 Å². The first-order valence-corrected chi connectivity index (χ1v) is 48.7. The van der Waals surface area contributed by atoms with Crippen LogP contribution in [0.1, 0.15) is 44.1 Å². The van der Waals surface area contributed by atoms with Crippen LogP contribution in [0.4, 0.5) is 51.2 Å². The number of aromatic amines is 2. The van der Waals surface area contributed by atoms with Crippen molar-refractivity contribution in [1.29, 1.82) is 0 Å². The van der Waals surface area contributed by atoms with Gasteiger partial charge in [0, 0.05) is 92.4 Å². The van der Waals surface area contributed by atoms with Gasteiger partial charge in [-0.05, 0) is 360 Å². The zero-order valence-electron chi connectivity index (χ0n) is 68.2. The van der Waals surface area contributed by atoms with E-state index in [1.54, 1.807) is 12.2 Å². The van der Waals surface area contributed by atoms with Gasteiger partial charge < -0.3 is 32.1 Å². The molecule has 0 spiro atoms. The van der Waals surface area contributed by atoms with E-state index in [1.807, 2.05) is 224 Å². The standard InChI is InChI=1S/C20H15BrN2.C19H12BrN3.2C12H9Br2N.2C7H5ClN2.2C6H5Br2N.2C6H8O/c21-17-11-5-7-13-19(17)23(16-9-2-1-3-10-16)20-14-15-8-4-6-12-18(15)22-20;20-13-10-11-17-18(12-13)22(14-6-2-1-3-7-14)19-21-15-8-4-5-9-16(15)23(17)19;13-10-7-4-8-11(14)12(10)15-9-5-2-1-3-6-9;13-9-6-7-11(14)12(8-9)15-10-4-2-1-3-5-10;2*8-7-9-5-3-1-2-4-6(5)10-7;7-4-1-2-5(8)6(9)3-4;7-4-2-1-3-5(8)6(4)9;2*7-6-4-2-1-3-5-6/h1-13H,14H2;1-12H;2*1-8,15H;2*1-4H,(H,9,10);2*1-3H,9H2;2*2,4H,1,3,5H2. The number of nitrogens with one attached hydrogen (secondary N) is 4. The molecule has 128 heavy (non-hydrogen) atoms. The summed E-state index contributed by atoms with van der Waals surface area (Å²) in [7, 11) is 0. The van der Waals surface area contributed by atoms with E-state index < -0.39 is 0 Å². The molecule has 0 fully saturated rings. The third-order valence-corrected chi connectivity index (χ3v) is 25.6. The highest BCUT2D eigenvalue weighted by atomic mass is 79.9. The van der Waals surface area contributed by atoms with Gasteiger partial charge in [0.2, 0.25) is 16.3 Å². The van der Waals surface area contributed by atoms with E-state index in [-0.39, 0.29) is 11.6 Å². The maximum atomic E-state index is 10.4. The number of amidine groups is 1. The zero-order valence-corrected chi connectivity index (χ0v) is 85.5. The number of rotatable bonds is 7. The SMILES string of the molecule is Brc1ccc(Br)c(Nc2ccccc2)c1.Brc1ccc2c(c1)n(-c1ccccc1)c1nc3ccccc3n21.Brc1cccc(Br)c1Nc1ccccc1.Brc1ccccc1N(C1=Nc2ccccc2C1)c1ccccc1.Clc1nc2ccccc2[nH]1.Clc1nc2ccccc2[nH]1.Nc1c(Br)cccc1Br.Nc1cc(Br)ccc1Br.O=C1C=CCCC1.O=C1C=CCCC1. The molecule has 0 unspecified atom stereocenters. The van der Waals surface area contributed by atoms with E-state index in [0.717, 1.165) is 202 Å². The number of hydrogen-bond acceptors (Lipinski definition) is 11. The number of aromatic nitrogens is 7. The fourth-order valence-corrected chi connectivity index (χ4v) is 17.6. The number of para-hydroxylation sites is 14. The van der Waals surface area contributed by atoms with E-state index >= 15 is 0 Å². The number of aliphatic imine (C=N–C) groups is 1. The molecule has 3 aliphatic rings. The molecule has 0 atom stereocenters. The summed E-state index contributed by atoms with van der Waals surface area (Å²) in [6.45, 7) is 0. The lowest BCUT2D eigenvalue weighted by molar-refractivity contribution is -0.115. The molecule has 2 aliphatic carbocycles. The quantitative estimate of drug-likeness (QED) is 0.0833. The third-order valence-electron chi connectivity index (χ3n) is 19.0. The number of benzene rings is 14. The molecule has 646 valence electrons. The van der Waals surface area contributed by atoms with Crippen LogP contribution >= 0.6 is 183 Å². The van der Waals surface area contributed by atoms with E-state index in [9.17, 15) is 9.59 Å². The minimum atomic E-state index is 0.284. The Bertz CT molecular complexity index is 6630. The van der Waals surface area contributed by atoms with Crippen molar-refractivity contribution < 1.29 is 9.59 Å². The Kier molecular flexibility index (Phi) is 37.8. The van der Waals surface area contributed by atoms with E-state index in [2.05, 4.69) is 325 Å². The average Bonchev–Trinajstić information content (AvgIpc) is 1.56. The van der Waals surface area contributed by atoms with E-state index in [0.29, 0.717) is 10.6 Å². The first-order chi connectivity index (χ1) is 62.1. The fourth-order valence-electron chi connectivity index (χ4n) is 12.9. The number of carbonyl (C=O) groups is 2. The van der Waals surface area contributed by atoms with Crippen LogP contribution in [0.3, 0.4) is 0 Å². The summed E-state index contributed by atoms with van der Waals surface area (Å²) in [5.74, 6) is 2.55. The average molecular weight is 2380 g/mol. The van der Waals surface area contributed by atoms with Crippen LogP contribution in [0.5, 0.6) is 0 Å². The number of halogens is 12. The summed E-state index contributed by atoms with van der Waals surface area (Å²) < 4.78 is 14.5. The second-order valence-corrected chi connectivity index (χ2v) is 37.6. The van der Waals surface area contributed by atoms with Gasteiger partial charge in [-0.2, -0.15) is 0 Å². The maximum absolute atomic E-state index is 10.4. The predicted molar refractivity (Wildman–Crippen MR) is 571 cm³/mol. The number of allylic oxidation sites excluding steroid dienone is 4. The van der Waals surface area contributed by atoms with Crippen LogP contribution in [0.15, 0.2) is 408 Å². The summed E-state index contributed by atoms with van der Waals surface area (Å²) in [5, 5.41) is 7.57. The molecule has 15 nitrogen and oxygen atoms in total. The largest absolute Gasteiger partial charge is 0.398 e. The Hall–Kier alpha value is -9.84. The molecule has 0 amide bonds. The topological polar surface area (TPSA) is 205 Å². The molecule has 8 N–H and O–H groups in total. The number of fused-ring (bicyclic) bond motifs is 8. The number of hydrogen-bond donors (Lipinski definition) is 6. The second-order valence-electron chi connectivity index (χ2n) is 28.1. The summed E-state index contributed by atoms with van der Waals surface area (Å²) in [5.41, 5.74) is 30.8. The lowest BCUT2D eigenvalue weighted by Crippen LogP contribution is -2.26. The van der Waals surface area contributed by atoms with Gasteiger partial charge in [0.05, 0.1) is 72.6 Å². The highest BCUT2D eigenvalue weighted by molar-refractivity contribution is 9.12. The Balaban J connectivity index is 0.000000133. The van der Waals surface area contributed by atoms with Crippen molar-refractivity contribution in [2.24, 2.45) is 4.99 Å². The van der Waals surface area contributed by atoms with Crippen molar-refractivity contribution in [3.63, 3.8) is 0 Å². The first-order valence-electron chi connectivity index (χ1n) is 40.0. The van der Waals surface area contributed by atoms with Crippen molar-refractivity contribution in [1.82, 2.24) is 33.9 Å². The van der Waals surface area contributed by atoms with Gasteiger partial charge in [0.15, 0.2) is 11.6 Å². The molecule has 5 heterocycles. The van der Waals surface area contributed by atoms with Crippen LogP contribution in [-0.2, 0) is 16.0 Å². The number of nitrogens with zero attached hydrogens (tertiary/aromatic N) is 7. The number of carbonyl (C=O) groups excluding carboxylic acids is 2. The lowest BCUT2D eigenvalue weighted by Gasteiger charge is -2.26. The number of H-pyrrole nitrogens is 2. The van der Waals surface area contributed by atoms with Gasteiger partial charge in [0.1, 0.15) is 5.84 Å². The molecule has 18 aromatic rings. The summed E-state index contributed by atoms with van der Waals surface area (Å²) in [6.07, 6.45) is 13.9. The Labute approximate surface area is 836 Å². The Morgan fingerprint density at radius 2 is 0.867 bits per heavy atom. The Morgan fingerprint density at radius 3 is 1.39 bits per heavy atom. The second kappa shape index (κ2) is 49.8. The molecule has 0 bridgehead atoms. The van der Waals surface area contributed by atoms with Gasteiger partial charge in [-0.1, -0.05) is 212 Å². The van der Waals surface area contributed by atoms with Crippen LogP contribution in [0.25, 0.3) is 55.6 Å². The van der Waals surface area contributed by atoms with Gasteiger partial charge >= 0.3 is 0 Å². The predicted octanol–water partition coefficient (Wildman–Crippen LogP) is 33.6. The lowest BCUT2D eigenvalue weighted by atomic mass is 10.1. The molecular formula is C101H81Br10Cl2N13O2. The van der Waals surface area contributed by atoms with E-state index in [4.69, 9.17) is 44.6 Å². The minimum absolute atomic E-state index is 0.284. The molecular weight excluding hydrogens is 2300 g/mol. The van der Waals surface area contributed by atoms with Gasteiger partial charge in [-0.15, -0.1) is 0 Å². The molecule has 14 aromatic carbocycles. The highest BCUT2D eigenvalue weighted by Crippen LogP contribution is 2.39. The molecule has 0 saturated heterocycles. The van der Waals surface area contributed by atoms with Crippen molar-refractivity contribution in [2.75, 3.05) is 27.0 Å². The summed E-state index contributed by atoms with van der Waals surface area (Å²) in [6, 6.07) is 111. The Morgan fingerprint density at radius 1 is 0.398 bits per heavy atom. The molecule has 27 heteroatoms. The minimum Gasteiger partial charge on any atom is -0.398 e. The molecule has 1 aliphatic heterocycles. The number of ketones is 2. The normalized spacial score (nSPS) is 11.9. The van der Waals surface area contributed by atoms with Gasteiger partial charge in [-0.3, -0.25) is 23.5 Å². The van der Waals surface area contributed by atoms with Crippen LogP contribution in [0.2, 0.25) is 10.6 Å². The summed E-state index contributed by atoms with van der Waals surface area (Å²) in [4.78, 5) is 46.6. The van der Waals surface area contributed by atoms with Gasteiger partial charge in [0.25, 0.3) is 0 Å². The summed E-state index contributed by atoms with van der Waals surface area (Å²) >= 11 is 45.6. The van der Waals surface area contributed by atoms with Crippen LogP contribution in [-0.4, -0.2) is 51.3 Å². The monoisotopic (exact) mass is 2370 g/mol. The van der Waals surface area contributed by atoms with Crippen LogP contribution in [0, 0.1) is 0 Å². The number of nitrogens with two attached hydrogens (primary N) is 2. The molecule has 0 saturated carbocycles. The van der Waals surface area contributed by atoms with Crippen molar-refractivity contribution in [3.8, 4) is 5.69 Å². The smallest absolute Gasteiger partial charge is 0.220 e. The van der Waals surface area contributed by atoms with Crippen LogP contribution < -0.4 is 27.0 Å². The zero-order chi connectivity index (χ0) is 90.3. The number of nitrogen functional groups attached to an aromatic ring is 2. The van der Waals surface area contributed by atoms with E-state index in [1.165, 1.54) is 5.56 Å². The molecule has 0 radical (unpaired) electrons. The van der Waals surface area contributed by atoms with Crippen molar-refractivity contribution in [3.05, 3.63) is 419 Å². The fraction of sp³-hybridized carbons (Fsp3) is 0.0693. The van der Waals surface area contributed by atoms with Crippen molar-refractivity contribution in [2.45, 2.75) is 44.9 Å². The number of anilines is 8. The third kappa shape index (κ3) is 28.6. The number of imidazole rings is 4. The molecule has 4 aromatic heterocycles. The first kappa shape index (κ1) is 97.2. The molecule has 21 rings (SSSR count). The maximum Gasteiger partial charge on any atom is 0.220 e.